The van der Waals surface area contributed by atoms with E-state index in [1.807, 2.05) is 0 Å². The van der Waals surface area contributed by atoms with Crippen LogP contribution in [0.1, 0.15) is 55.7 Å². The van der Waals surface area contributed by atoms with Crippen LogP contribution in [0.2, 0.25) is 0 Å². The zero-order valence-corrected chi connectivity index (χ0v) is 11.9. The largest absolute Gasteiger partial charge is 0.494 e. The van der Waals surface area contributed by atoms with Crippen LogP contribution >= 0.6 is 0 Å². The summed E-state index contributed by atoms with van der Waals surface area (Å²) in [7, 11) is 0. The van der Waals surface area contributed by atoms with Gasteiger partial charge < -0.3 is 4.74 Å². The molecule has 1 rings (SSSR count). The zero-order valence-electron chi connectivity index (χ0n) is 11.9. The van der Waals surface area contributed by atoms with Crippen molar-refractivity contribution in [1.82, 2.24) is 0 Å². The molecule has 0 aliphatic rings. The van der Waals surface area contributed by atoms with Crippen molar-refractivity contribution in [2.45, 2.75) is 52.9 Å². The summed E-state index contributed by atoms with van der Waals surface area (Å²) in [5.74, 6) is 1.40. The van der Waals surface area contributed by atoms with Crippen molar-refractivity contribution in [1.29, 1.82) is 5.26 Å². The number of ether oxygens (including phenoxy) is 1. The van der Waals surface area contributed by atoms with E-state index in [0.717, 1.165) is 25.2 Å². The third-order valence-corrected chi connectivity index (χ3v) is 3.22. The number of benzene rings is 1. The molecule has 2 nitrogen and oxygen atoms in total. The van der Waals surface area contributed by atoms with Gasteiger partial charge in [0.05, 0.1) is 12.7 Å². The molecule has 0 heterocycles. The molecule has 0 aliphatic carbocycles. The Morgan fingerprint density at radius 2 is 1.89 bits per heavy atom. The molecule has 98 valence electrons. The summed E-state index contributed by atoms with van der Waals surface area (Å²) in [5, 5.41) is 8.67. The lowest BCUT2D eigenvalue weighted by molar-refractivity contribution is 0.317. The molecule has 0 radical (unpaired) electrons. The summed E-state index contributed by atoms with van der Waals surface area (Å²) in [6, 6.07) is 6.45. The predicted octanol–water partition coefficient (Wildman–Crippen LogP) is 4.50. The van der Waals surface area contributed by atoms with Gasteiger partial charge in [-0.3, -0.25) is 0 Å². The molecule has 0 saturated heterocycles. The molecular weight excluding hydrogens is 222 g/mol. The topological polar surface area (TPSA) is 33.0 Å². The van der Waals surface area contributed by atoms with Crippen molar-refractivity contribution in [2.75, 3.05) is 6.61 Å². The number of hydrogen-bond donors (Lipinski definition) is 0. The monoisotopic (exact) mass is 245 g/mol. The Hall–Kier alpha value is -1.49. The first kappa shape index (κ1) is 14.6. The summed E-state index contributed by atoms with van der Waals surface area (Å²) in [5.41, 5.74) is 3.91. The van der Waals surface area contributed by atoms with Crippen LogP contribution in [0.4, 0.5) is 0 Å². The molecule has 0 aromatic heterocycles. The maximum atomic E-state index is 8.67. The van der Waals surface area contributed by atoms with Crippen LogP contribution in [0.15, 0.2) is 12.1 Å². The highest BCUT2D eigenvalue weighted by Gasteiger charge is 2.12. The fourth-order valence-electron chi connectivity index (χ4n) is 2.44. The highest BCUT2D eigenvalue weighted by molar-refractivity contribution is 5.43. The second kappa shape index (κ2) is 7.06. The van der Waals surface area contributed by atoms with Crippen LogP contribution < -0.4 is 4.74 Å². The maximum Gasteiger partial charge on any atom is 0.119 e. The Morgan fingerprint density at radius 3 is 2.39 bits per heavy atom. The standard InChI is InChI=1S/C16H23NO/c1-5-9-18-15-10-13(3)16(14(4)11-15)12(2)7-6-8-17/h10-12H,5-7,9H2,1-4H3. The minimum atomic E-state index is 0.435. The number of hydrogen-bond acceptors (Lipinski definition) is 2. The average molecular weight is 245 g/mol. The quantitative estimate of drug-likeness (QED) is 0.739. The molecule has 1 aromatic carbocycles. The average Bonchev–Trinajstić information content (AvgIpc) is 2.33. The summed E-state index contributed by atoms with van der Waals surface area (Å²) in [6.45, 7) is 9.33. The molecule has 0 aliphatic heterocycles. The Balaban J connectivity index is 2.90. The van der Waals surface area contributed by atoms with E-state index in [1.165, 1.54) is 16.7 Å². The molecule has 1 atom stereocenters. The normalized spacial score (nSPS) is 11.9. The second-order valence-electron chi connectivity index (χ2n) is 4.92. The van der Waals surface area contributed by atoms with Crippen LogP contribution in [0.5, 0.6) is 5.75 Å². The molecule has 0 N–H and O–H groups in total. The van der Waals surface area contributed by atoms with Crippen molar-refractivity contribution in [2.24, 2.45) is 0 Å². The lowest BCUT2D eigenvalue weighted by atomic mass is 9.89. The predicted molar refractivity (Wildman–Crippen MR) is 75.0 cm³/mol. The summed E-state index contributed by atoms with van der Waals surface area (Å²) in [6.07, 6.45) is 2.57. The van der Waals surface area contributed by atoms with Gasteiger partial charge in [-0.25, -0.2) is 0 Å². The first-order valence-corrected chi connectivity index (χ1v) is 6.71. The van der Waals surface area contributed by atoms with Gasteiger partial charge in [-0.15, -0.1) is 0 Å². The first-order valence-electron chi connectivity index (χ1n) is 6.71. The van der Waals surface area contributed by atoms with E-state index in [0.29, 0.717) is 12.3 Å². The van der Waals surface area contributed by atoms with Gasteiger partial charge in [0, 0.05) is 6.42 Å². The molecule has 0 spiro atoms. The molecule has 0 saturated carbocycles. The van der Waals surface area contributed by atoms with Gasteiger partial charge in [0.2, 0.25) is 0 Å². The van der Waals surface area contributed by atoms with E-state index in [1.54, 1.807) is 0 Å². The van der Waals surface area contributed by atoms with Crippen molar-refractivity contribution >= 4 is 0 Å². The van der Waals surface area contributed by atoms with Crippen molar-refractivity contribution < 1.29 is 4.74 Å². The lowest BCUT2D eigenvalue weighted by Gasteiger charge is -2.18. The van der Waals surface area contributed by atoms with Gasteiger partial charge in [0.15, 0.2) is 0 Å². The number of rotatable bonds is 6. The second-order valence-corrected chi connectivity index (χ2v) is 4.92. The third kappa shape index (κ3) is 3.77. The number of aryl methyl sites for hydroxylation is 2. The van der Waals surface area contributed by atoms with Crippen LogP contribution in [0.3, 0.4) is 0 Å². The third-order valence-electron chi connectivity index (χ3n) is 3.22. The molecule has 18 heavy (non-hydrogen) atoms. The van der Waals surface area contributed by atoms with Gasteiger partial charge >= 0.3 is 0 Å². The highest BCUT2D eigenvalue weighted by atomic mass is 16.5. The molecule has 0 amide bonds. The van der Waals surface area contributed by atoms with Gasteiger partial charge in [-0.1, -0.05) is 13.8 Å². The smallest absolute Gasteiger partial charge is 0.119 e. The molecule has 0 bridgehead atoms. The fraction of sp³-hybridized carbons (Fsp3) is 0.562. The van der Waals surface area contributed by atoms with E-state index < -0.39 is 0 Å². The number of nitriles is 1. The van der Waals surface area contributed by atoms with Crippen molar-refractivity contribution in [3.05, 3.63) is 28.8 Å². The molecular formula is C16H23NO. The SMILES string of the molecule is CCCOc1cc(C)c(C(C)CCC#N)c(C)c1. The van der Waals surface area contributed by atoms with Gasteiger partial charge in [-0.05, 0) is 61.4 Å². The lowest BCUT2D eigenvalue weighted by Crippen LogP contribution is -2.02. The van der Waals surface area contributed by atoms with Gasteiger partial charge in [-0.2, -0.15) is 5.26 Å². The van der Waals surface area contributed by atoms with Crippen molar-refractivity contribution in [3.63, 3.8) is 0 Å². The van der Waals surface area contributed by atoms with Crippen LogP contribution in [-0.2, 0) is 0 Å². The first-order chi connectivity index (χ1) is 8.60. The van der Waals surface area contributed by atoms with Crippen LogP contribution in [0.25, 0.3) is 0 Å². The Morgan fingerprint density at radius 1 is 1.28 bits per heavy atom. The maximum absolute atomic E-state index is 8.67. The Bertz CT molecular complexity index is 408. The van der Waals surface area contributed by atoms with Crippen LogP contribution in [0, 0.1) is 25.2 Å². The molecule has 1 aromatic rings. The van der Waals surface area contributed by atoms with E-state index >= 15 is 0 Å². The van der Waals surface area contributed by atoms with Gasteiger partial charge in [0.25, 0.3) is 0 Å². The number of nitrogens with zero attached hydrogens (tertiary/aromatic N) is 1. The summed E-state index contributed by atoms with van der Waals surface area (Å²) < 4.78 is 5.68. The fourth-order valence-corrected chi connectivity index (χ4v) is 2.44. The zero-order chi connectivity index (χ0) is 13.5. The van der Waals surface area contributed by atoms with E-state index in [4.69, 9.17) is 10.00 Å². The Labute approximate surface area is 111 Å². The Kier molecular flexibility index (Phi) is 5.71. The summed E-state index contributed by atoms with van der Waals surface area (Å²) >= 11 is 0. The van der Waals surface area contributed by atoms with E-state index in [9.17, 15) is 0 Å². The molecule has 2 heteroatoms. The van der Waals surface area contributed by atoms with E-state index in [2.05, 4.69) is 45.9 Å². The molecule has 0 fully saturated rings. The van der Waals surface area contributed by atoms with E-state index in [-0.39, 0.29) is 0 Å². The summed E-state index contributed by atoms with van der Waals surface area (Å²) in [4.78, 5) is 0. The van der Waals surface area contributed by atoms with Crippen LogP contribution in [-0.4, -0.2) is 6.61 Å². The minimum absolute atomic E-state index is 0.435. The van der Waals surface area contributed by atoms with Gasteiger partial charge in [0.1, 0.15) is 5.75 Å². The molecule has 1 unspecified atom stereocenters. The van der Waals surface area contributed by atoms with Crippen molar-refractivity contribution in [3.8, 4) is 11.8 Å². The highest BCUT2D eigenvalue weighted by Crippen LogP contribution is 2.30. The minimum Gasteiger partial charge on any atom is -0.494 e.